The second-order valence-electron chi connectivity index (χ2n) is 8.11. The lowest BCUT2D eigenvalue weighted by Gasteiger charge is -2.39. The maximum Gasteiger partial charge on any atom is 0.225 e. The zero-order chi connectivity index (χ0) is 16.8. The molecule has 0 aromatic rings. The third-order valence-electron chi connectivity index (χ3n) is 6.35. The predicted octanol–water partition coefficient (Wildman–Crippen LogP) is 3.64. The van der Waals surface area contributed by atoms with E-state index >= 15 is 0 Å². The number of fused-ring (bicyclic) bond motifs is 1. The van der Waals surface area contributed by atoms with Gasteiger partial charge in [0.1, 0.15) is 0 Å². The molecule has 0 bridgehead atoms. The van der Waals surface area contributed by atoms with E-state index in [-0.39, 0.29) is 17.9 Å². The molecule has 4 heteroatoms. The molecule has 4 nitrogen and oxygen atoms in total. The Kier molecular flexibility index (Phi) is 6.56. The summed E-state index contributed by atoms with van der Waals surface area (Å²) in [5.41, 5.74) is 0. The van der Waals surface area contributed by atoms with Crippen molar-refractivity contribution in [3.8, 4) is 0 Å². The van der Waals surface area contributed by atoms with Crippen LogP contribution in [0.5, 0.6) is 0 Å². The lowest BCUT2D eigenvalue weighted by molar-refractivity contribution is -0.139. The minimum Gasteiger partial charge on any atom is -0.356 e. The Morgan fingerprint density at radius 3 is 2.46 bits per heavy atom. The van der Waals surface area contributed by atoms with Crippen molar-refractivity contribution >= 4 is 11.8 Å². The summed E-state index contributed by atoms with van der Waals surface area (Å²) in [4.78, 5) is 27.8. The minimum absolute atomic E-state index is 0.0179. The number of nitrogens with zero attached hydrogens (tertiary/aromatic N) is 1. The molecule has 0 aromatic carbocycles. The molecule has 3 rings (SSSR count). The van der Waals surface area contributed by atoms with Gasteiger partial charge in [0.2, 0.25) is 11.8 Å². The molecule has 1 saturated heterocycles. The van der Waals surface area contributed by atoms with Crippen LogP contribution in [0.4, 0.5) is 0 Å². The fraction of sp³-hybridized carbons (Fsp3) is 0.900. The fourth-order valence-electron chi connectivity index (χ4n) is 4.95. The number of hydrogen-bond donors (Lipinski definition) is 1. The SMILES string of the molecule is O=C1NCCCCCCN(C(=O)CC2CCCC2)[C@@H]2CCCC[C@H]12. The highest BCUT2D eigenvalue weighted by atomic mass is 16.2. The molecular weight excluding hydrogens is 300 g/mol. The third kappa shape index (κ3) is 4.52. The van der Waals surface area contributed by atoms with E-state index in [1.165, 1.54) is 32.1 Å². The molecule has 0 unspecified atom stereocenters. The van der Waals surface area contributed by atoms with Crippen LogP contribution in [0.2, 0.25) is 0 Å². The van der Waals surface area contributed by atoms with Gasteiger partial charge in [-0.05, 0) is 44.4 Å². The van der Waals surface area contributed by atoms with Crippen molar-refractivity contribution in [2.75, 3.05) is 13.1 Å². The van der Waals surface area contributed by atoms with Gasteiger partial charge in [-0.15, -0.1) is 0 Å². The second kappa shape index (κ2) is 8.87. The predicted molar refractivity (Wildman–Crippen MR) is 95.5 cm³/mol. The smallest absolute Gasteiger partial charge is 0.225 e. The standard InChI is InChI=1S/C20H34N2O2/c23-19(15-16-9-3-4-10-16)22-14-8-2-1-7-13-21-20(24)17-11-5-6-12-18(17)22/h16-18H,1-15H2,(H,21,24)/t17-,18+/m0/s1. The normalized spacial score (nSPS) is 30.3. The van der Waals surface area contributed by atoms with Gasteiger partial charge in [-0.1, -0.05) is 38.5 Å². The van der Waals surface area contributed by atoms with Crippen LogP contribution in [0.25, 0.3) is 0 Å². The molecule has 136 valence electrons. The molecule has 24 heavy (non-hydrogen) atoms. The molecule has 3 fully saturated rings. The molecule has 2 aliphatic carbocycles. The van der Waals surface area contributed by atoms with E-state index in [1.807, 2.05) is 0 Å². The van der Waals surface area contributed by atoms with Crippen molar-refractivity contribution in [3.63, 3.8) is 0 Å². The van der Waals surface area contributed by atoms with Crippen LogP contribution in [0.1, 0.15) is 83.5 Å². The number of hydrogen-bond acceptors (Lipinski definition) is 2. The summed E-state index contributed by atoms with van der Waals surface area (Å²) in [6.07, 6.45) is 14.4. The third-order valence-corrected chi connectivity index (χ3v) is 6.35. The van der Waals surface area contributed by atoms with Gasteiger partial charge in [0.25, 0.3) is 0 Å². The molecule has 0 spiro atoms. The average molecular weight is 335 g/mol. The Morgan fingerprint density at radius 2 is 1.62 bits per heavy atom. The van der Waals surface area contributed by atoms with Crippen molar-refractivity contribution < 1.29 is 9.59 Å². The molecule has 2 saturated carbocycles. The van der Waals surface area contributed by atoms with Gasteiger partial charge in [-0.2, -0.15) is 0 Å². The first kappa shape index (κ1) is 17.8. The van der Waals surface area contributed by atoms with E-state index in [2.05, 4.69) is 10.2 Å². The van der Waals surface area contributed by atoms with Gasteiger partial charge in [0, 0.05) is 25.6 Å². The maximum absolute atomic E-state index is 13.1. The van der Waals surface area contributed by atoms with E-state index in [1.54, 1.807) is 0 Å². The van der Waals surface area contributed by atoms with E-state index in [0.717, 1.165) is 58.0 Å². The molecule has 1 heterocycles. The van der Waals surface area contributed by atoms with Crippen LogP contribution in [-0.4, -0.2) is 35.8 Å². The number of rotatable bonds is 2. The zero-order valence-corrected chi connectivity index (χ0v) is 15.1. The number of carbonyl (C=O) groups excluding carboxylic acids is 2. The highest BCUT2D eigenvalue weighted by molar-refractivity contribution is 5.82. The summed E-state index contributed by atoms with van der Waals surface area (Å²) in [7, 11) is 0. The number of carbonyl (C=O) groups is 2. The van der Waals surface area contributed by atoms with Gasteiger partial charge in [-0.25, -0.2) is 0 Å². The average Bonchev–Trinajstić information content (AvgIpc) is 3.08. The Bertz CT molecular complexity index is 431. The summed E-state index contributed by atoms with van der Waals surface area (Å²) in [6.45, 7) is 1.66. The van der Waals surface area contributed by atoms with Crippen molar-refractivity contribution in [2.24, 2.45) is 11.8 Å². The van der Waals surface area contributed by atoms with Crippen LogP contribution in [0.3, 0.4) is 0 Å². The van der Waals surface area contributed by atoms with Gasteiger partial charge in [0.05, 0.1) is 5.92 Å². The van der Waals surface area contributed by atoms with Crippen LogP contribution in [0.15, 0.2) is 0 Å². The van der Waals surface area contributed by atoms with Gasteiger partial charge >= 0.3 is 0 Å². The van der Waals surface area contributed by atoms with Gasteiger partial charge < -0.3 is 10.2 Å². The molecule has 0 aromatic heterocycles. The van der Waals surface area contributed by atoms with Crippen LogP contribution in [0, 0.1) is 11.8 Å². The molecule has 1 N–H and O–H groups in total. The van der Waals surface area contributed by atoms with Crippen molar-refractivity contribution in [3.05, 3.63) is 0 Å². The number of nitrogens with one attached hydrogen (secondary N) is 1. The first-order valence-electron chi connectivity index (χ1n) is 10.3. The van der Waals surface area contributed by atoms with Gasteiger partial charge in [-0.3, -0.25) is 9.59 Å². The Labute approximate surface area is 146 Å². The lowest BCUT2D eigenvalue weighted by atomic mass is 9.82. The van der Waals surface area contributed by atoms with Crippen LogP contribution < -0.4 is 5.32 Å². The lowest BCUT2D eigenvalue weighted by Crippen LogP contribution is -2.51. The largest absolute Gasteiger partial charge is 0.356 e. The Balaban J connectivity index is 1.72. The van der Waals surface area contributed by atoms with E-state index in [9.17, 15) is 9.59 Å². The molecule has 2 amide bonds. The zero-order valence-electron chi connectivity index (χ0n) is 15.1. The van der Waals surface area contributed by atoms with Crippen LogP contribution >= 0.6 is 0 Å². The maximum atomic E-state index is 13.1. The summed E-state index contributed by atoms with van der Waals surface area (Å²) in [6, 6.07) is 0.144. The van der Waals surface area contributed by atoms with Crippen molar-refractivity contribution in [1.29, 1.82) is 0 Å². The minimum atomic E-state index is 0.0179. The summed E-state index contributed by atoms with van der Waals surface area (Å²) >= 11 is 0. The molecular formula is C20H34N2O2. The Morgan fingerprint density at radius 1 is 0.917 bits per heavy atom. The Hall–Kier alpha value is -1.06. The second-order valence-corrected chi connectivity index (χ2v) is 8.11. The summed E-state index contributed by atoms with van der Waals surface area (Å²) in [5.74, 6) is 1.13. The monoisotopic (exact) mass is 334 g/mol. The highest BCUT2D eigenvalue weighted by Crippen LogP contribution is 2.32. The quantitative estimate of drug-likeness (QED) is 0.838. The molecule has 2 atom stereocenters. The molecule has 1 aliphatic heterocycles. The summed E-state index contributed by atoms with van der Waals surface area (Å²) in [5, 5.41) is 3.13. The van der Waals surface area contributed by atoms with Crippen molar-refractivity contribution in [1.82, 2.24) is 10.2 Å². The fourth-order valence-corrected chi connectivity index (χ4v) is 4.95. The first-order chi connectivity index (χ1) is 11.8. The number of amides is 2. The van der Waals surface area contributed by atoms with E-state index < -0.39 is 0 Å². The topological polar surface area (TPSA) is 49.4 Å². The van der Waals surface area contributed by atoms with Crippen LogP contribution in [-0.2, 0) is 9.59 Å². The van der Waals surface area contributed by atoms with Gasteiger partial charge in [0.15, 0.2) is 0 Å². The van der Waals surface area contributed by atoms with E-state index in [4.69, 9.17) is 0 Å². The molecule has 0 radical (unpaired) electrons. The molecule has 3 aliphatic rings. The first-order valence-corrected chi connectivity index (χ1v) is 10.3. The van der Waals surface area contributed by atoms with E-state index in [0.29, 0.717) is 18.2 Å². The van der Waals surface area contributed by atoms with Crippen molar-refractivity contribution in [2.45, 2.75) is 89.5 Å². The summed E-state index contributed by atoms with van der Waals surface area (Å²) < 4.78 is 0. The highest BCUT2D eigenvalue weighted by Gasteiger charge is 2.37.